The van der Waals surface area contributed by atoms with Crippen molar-refractivity contribution in [2.45, 2.75) is 32.5 Å². The number of aliphatic hydroxyl groups excluding tert-OH is 1. The molecular weight excluding hydrogens is 288 g/mol. The molecule has 22 heavy (non-hydrogen) atoms. The average Bonchev–Trinajstić information content (AvgIpc) is 2.44. The maximum atomic E-state index is 12.4. The van der Waals surface area contributed by atoms with E-state index in [4.69, 9.17) is 9.47 Å². The Bertz CT molecular complexity index is 731. The molecule has 0 saturated carbocycles. The van der Waals surface area contributed by atoms with Crippen LogP contribution in [0.25, 0.3) is 0 Å². The van der Waals surface area contributed by atoms with E-state index in [0.717, 1.165) is 5.56 Å². The molecule has 1 aliphatic heterocycles. The van der Waals surface area contributed by atoms with E-state index in [2.05, 4.69) is 0 Å². The number of hydrogen-bond donors (Lipinski definition) is 2. The van der Waals surface area contributed by atoms with Crippen molar-refractivity contribution in [3.8, 4) is 5.75 Å². The minimum atomic E-state index is -0.822. The number of ketones is 2. The largest absolute Gasteiger partial charge is 0.507 e. The molecule has 6 nitrogen and oxygen atoms in total. The maximum Gasteiger partial charge on any atom is 0.235 e. The van der Waals surface area contributed by atoms with Gasteiger partial charge < -0.3 is 19.7 Å². The first-order valence-electron chi connectivity index (χ1n) is 6.97. The molecule has 0 unspecified atom stereocenters. The fourth-order valence-electron chi connectivity index (χ4n) is 3.18. The number of methoxy groups -OCH3 is 1. The summed E-state index contributed by atoms with van der Waals surface area (Å²) in [5.74, 6) is -2.91. The molecule has 3 rings (SSSR count). The maximum absolute atomic E-state index is 12.4. The molecule has 0 amide bonds. The summed E-state index contributed by atoms with van der Waals surface area (Å²) in [7, 11) is 1.21. The van der Waals surface area contributed by atoms with Gasteiger partial charge in [-0.05, 0) is 31.9 Å². The molecule has 6 heteroatoms. The summed E-state index contributed by atoms with van der Waals surface area (Å²) in [4.78, 5) is 24.6. The summed E-state index contributed by atoms with van der Waals surface area (Å²) in [5.41, 5.74) is 1.12. The first-order chi connectivity index (χ1) is 10.4. The zero-order valence-electron chi connectivity index (χ0n) is 12.5. The molecule has 1 heterocycles. The van der Waals surface area contributed by atoms with Crippen LogP contribution in [-0.2, 0) is 15.9 Å². The topological polar surface area (TPSA) is 93.1 Å². The van der Waals surface area contributed by atoms with Gasteiger partial charge in [-0.15, -0.1) is 0 Å². The highest BCUT2D eigenvalue weighted by molar-refractivity contribution is 6.26. The smallest absolute Gasteiger partial charge is 0.235 e. The molecule has 2 N–H and O–H groups in total. The summed E-state index contributed by atoms with van der Waals surface area (Å²) in [6.45, 7) is 3.67. The van der Waals surface area contributed by atoms with Crippen LogP contribution >= 0.6 is 0 Å². The lowest BCUT2D eigenvalue weighted by Gasteiger charge is -2.31. The number of rotatable bonds is 1. The number of carbonyl (C=O) groups excluding carboxylic acids is 2. The van der Waals surface area contributed by atoms with E-state index < -0.39 is 29.2 Å². The number of fused-ring (bicyclic) bond motifs is 2. The molecule has 2 atom stereocenters. The zero-order valence-corrected chi connectivity index (χ0v) is 12.5. The van der Waals surface area contributed by atoms with E-state index in [0.29, 0.717) is 12.0 Å². The number of ether oxygens (including phenoxy) is 2. The van der Waals surface area contributed by atoms with E-state index in [9.17, 15) is 19.8 Å². The predicted octanol–water partition coefficient (Wildman–Crippen LogP) is 2.21. The van der Waals surface area contributed by atoms with Crippen LogP contribution in [0.2, 0.25) is 0 Å². The first kappa shape index (κ1) is 14.6. The summed E-state index contributed by atoms with van der Waals surface area (Å²) >= 11 is 0. The molecule has 1 aromatic carbocycles. The van der Waals surface area contributed by atoms with Crippen LogP contribution in [-0.4, -0.2) is 35.0 Å². The second-order valence-electron chi connectivity index (χ2n) is 5.55. The van der Waals surface area contributed by atoms with Crippen molar-refractivity contribution < 1.29 is 29.3 Å². The van der Waals surface area contributed by atoms with Gasteiger partial charge in [0.2, 0.25) is 23.1 Å². The average molecular weight is 304 g/mol. The van der Waals surface area contributed by atoms with Gasteiger partial charge in [0.15, 0.2) is 0 Å². The second kappa shape index (κ2) is 4.84. The van der Waals surface area contributed by atoms with Crippen molar-refractivity contribution in [2.24, 2.45) is 0 Å². The van der Waals surface area contributed by atoms with Gasteiger partial charge in [0.05, 0.1) is 24.9 Å². The van der Waals surface area contributed by atoms with E-state index in [-0.39, 0.29) is 23.0 Å². The minimum absolute atomic E-state index is 0.0530. The highest BCUT2D eigenvalue weighted by Gasteiger charge is 2.39. The summed E-state index contributed by atoms with van der Waals surface area (Å²) < 4.78 is 10.5. The van der Waals surface area contributed by atoms with Gasteiger partial charge in [0, 0.05) is 11.1 Å². The number of carbonyl (C=O) groups is 2. The zero-order chi connectivity index (χ0) is 16.2. The van der Waals surface area contributed by atoms with Crippen molar-refractivity contribution >= 4 is 11.6 Å². The fourth-order valence-corrected chi connectivity index (χ4v) is 3.18. The molecule has 0 spiro atoms. The summed E-state index contributed by atoms with van der Waals surface area (Å²) in [5, 5.41) is 20.3. The first-order valence-corrected chi connectivity index (χ1v) is 6.97. The van der Waals surface area contributed by atoms with Crippen LogP contribution in [0.5, 0.6) is 5.75 Å². The molecule has 1 aliphatic carbocycles. The molecular formula is C16H16O6. The number of hydrogen-bond acceptors (Lipinski definition) is 6. The Balaban J connectivity index is 2.28. The number of phenolic OH excluding ortho intramolecular Hbond substituents is 1. The highest BCUT2D eigenvalue weighted by Crippen LogP contribution is 2.42. The molecule has 0 saturated heterocycles. The van der Waals surface area contributed by atoms with E-state index >= 15 is 0 Å². The van der Waals surface area contributed by atoms with Gasteiger partial charge >= 0.3 is 0 Å². The lowest BCUT2D eigenvalue weighted by Crippen LogP contribution is -2.27. The fraction of sp³-hybridized carbons (Fsp3) is 0.375. The quantitative estimate of drug-likeness (QED) is 0.826. The summed E-state index contributed by atoms with van der Waals surface area (Å²) in [6.07, 6.45) is 0.0714. The van der Waals surface area contributed by atoms with Crippen molar-refractivity contribution in [1.29, 1.82) is 0 Å². The number of aromatic hydroxyl groups is 1. The Morgan fingerprint density at radius 3 is 2.55 bits per heavy atom. The monoisotopic (exact) mass is 304 g/mol. The number of aliphatic hydroxyl groups is 1. The van der Waals surface area contributed by atoms with Crippen LogP contribution in [0, 0.1) is 0 Å². The van der Waals surface area contributed by atoms with Crippen molar-refractivity contribution in [3.05, 3.63) is 39.8 Å². The highest BCUT2D eigenvalue weighted by atomic mass is 16.5. The Hall–Kier alpha value is -2.34. The van der Waals surface area contributed by atoms with Crippen LogP contribution in [0.15, 0.2) is 17.6 Å². The second-order valence-corrected chi connectivity index (χ2v) is 5.55. The van der Waals surface area contributed by atoms with Crippen LogP contribution in [0.4, 0.5) is 0 Å². The predicted molar refractivity (Wildman–Crippen MR) is 76.1 cm³/mol. The number of benzene rings is 1. The lowest BCUT2D eigenvalue weighted by molar-refractivity contribution is -0.00610. The lowest BCUT2D eigenvalue weighted by atomic mass is 9.83. The van der Waals surface area contributed by atoms with Gasteiger partial charge in [-0.1, -0.05) is 0 Å². The molecule has 2 aliphatic rings. The van der Waals surface area contributed by atoms with Gasteiger partial charge in [-0.3, -0.25) is 9.59 Å². The Labute approximate surface area is 127 Å². The van der Waals surface area contributed by atoms with Gasteiger partial charge in [0.25, 0.3) is 0 Å². The Morgan fingerprint density at radius 1 is 1.23 bits per heavy atom. The van der Waals surface area contributed by atoms with E-state index in [1.807, 2.05) is 6.92 Å². The third kappa shape index (κ3) is 1.84. The van der Waals surface area contributed by atoms with Crippen LogP contribution in [0.3, 0.4) is 0 Å². The van der Waals surface area contributed by atoms with Crippen molar-refractivity contribution in [1.82, 2.24) is 0 Å². The molecule has 0 fully saturated rings. The Morgan fingerprint density at radius 2 is 1.91 bits per heavy atom. The number of phenols is 1. The van der Waals surface area contributed by atoms with E-state index in [1.54, 1.807) is 13.0 Å². The standard InChI is InChI=1S/C16H16O6/c1-6-4-8-5-9-11(13(18)10(8)7(2)22-6)14(19)15(20)16(21-3)12(9)17/h5-7,18,20H,4H2,1-3H3/t6-,7+/m0/s1. The normalized spacial score (nSPS) is 24.1. The molecule has 0 bridgehead atoms. The van der Waals surface area contributed by atoms with Gasteiger partial charge in [-0.25, -0.2) is 0 Å². The SMILES string of the molecule is COC1=C(O)C(=O)c2c(cc3c(c2O)[C@@H](C)O[C@@H](C)C3)C1=O. The molecule has 0 aromatic heterocycles. The number of Topliss-reactive ketones (excluding diaryl/α,β-unsaturated/α-hetero) is 2. The van der Waals surface area contributed by atoms with Crippen molar-refractivity contribution in [3.63, 3.8) is 0 Å². The molecule has 0 radical (unpaired) electrons. The van der Waals surface area contributed by atoms with Gasteiger partial charge in [-0.2, -0.15) is 0 Å². The molecule has 1 aromatic rings. The minimum Gasteiger partial charge on any atom is -0.507 e. The third-order valence-corrected chi connectivity index (χ3v) is 4.09. The van der Waals surface area contributed by atoms with Crippen molar-refractivity contribution in [2.75, 3.05) is 7.11 Å². The third-order valence-electron chi connectivity index (χ3n) is 4.09. The van der Waals surface area contributed by atoms with Crippen LogP contribution < -0.4 is 0 Å². The number of allylic oxidation sites excluding steroid dienone is 2. The Kier molecular flexibility index (Phi) is 3.21. The van der Waals surface area contributed by atoms with E-state index in [1.165, 1.54) is 7.11 Å². The van der Waals surface area contributed by atoms with Crippen LogP contribution in [0.1, 0.15) is 51.8 Å². The van der Waals surface area contributed by atoms with Gasteiger partial charge in [0.1, 0.15) is 5.75 Å². The summed E-state index contributed by atoms with van der Waals surface area (Å²) in [6, 6.07) is 1.59. The molecule has 116 valence electrons.